The van der Waals surface area contributed by atoms with Gasteiger partial charge < -0.3 is 11.1 Å². The molecule has 11 heavy (non-hydrogen) atoms. The summed E-state index contributed by atoms with van der Waals surface area (Å²) in [7, 11) is 0. The number of carbonyl (C=O) groups is 1. The van der Waals surface area contributed by atoms with E-state index < -0.39 is 0 Å². The van der Waals surface area contributed by atoms with E-state index in [1.807, 2.05) is 20.8 Å². The number of nitrogens with two attached hydrogens (primary N) is 1. The lowest BCUT2D eigenvalue weighted by Crippen LogP contribution is -2.54. The van der Waals surface area contributed by atoms with Crippen molar-refractivity contribution in [1.29, 1.82) is 0 Å². The van der Waals surface area contributed by atoms with Crippen molar-refractivity contribution in [3.63, 3.8) is 0 Å². The number of hydrogen-bond acceptors (Lipinski definition) is 2. The van der Waals surface area contributed by atoms with Crippen LogP contribution in [0.25, 0.3) is 0 Å². The summed E-state index contributed by atoms with van der Waals surface area (Å²) in [6.07, 6.45) is 0. The van der Waals surface area contributed by atoms with Gasteiger partial charge in [0.1, 0.15) is 0 Å². The lowest BCUT2D eigenvalue weighted by atomic mass is 9.88. The number of amides is 1. The van der Waals surface area contributed by atoms with Crippen LogP contribution in [0.1, 0.15) is 27.7 Å². The molecule has 0 spiro atoms. The molecule has 0 aliphatic carbocycles. The van der Waals surface area contributed by atoms with Crippen molar-refractivity contribution in [1.82, 2.24) is 5.32 Å². The molecule has 0 rings (SSSR count). The van der Waals surface area contributed by atoms with Crippen molar-refractivity contribution in [2.75, 3.05) is 6.54 Å². The first-order valence-corrected chi connectivity index (χ1v) is 3.91. The molecule has 0 radical (unpaired) electrons. The molecule has 0 saturated heterocycles. The molecule has 0 aliphatic heterocycles. The fraction of sp³-hybridized carbons (Fsp3) is 0.875. The third kappa shape index (κ3) is 2.89. The Hall–Kier alpha value is -0.570. The van der Waals surface area contributed by atoms with Gasteiger partial charge in [-0.1, -0.05) is 13.8 Å². The maximum atomic E-state index is 10.8. The second-order valence-corrected chi connectivity index (χ2v) is 3.46. The smallest absolute Gasteiger partial charge is 0.217 e. The Morgan fingerprint density at radius 3 is 2.18 bits per heavy atom. The van der Waals surface area contributed by atoms with Gasteiger partial charge in [0.2, 0.25) is 5.91 Å². The van der Waals surface area contributed by atoms with Gasteiger partial charge in [-0.15, -0.1) is 0 Å². The predicted molar refractivity (Wildman–Crippen MR) is 46.1 cm³/mol. The van der Waals surface area contributed by atoms with Gasteiger partial charge in [0.25, 0.3) is 0 Å². The van der Waals surface area contributed by atoms with Gasteiger partial charge in [0.05, 0.1) is 5.54 Å². The van der Waals surface area contributed by atoms with Crippen LogP contribution in [0.4, 0.5) is 0 Å². The van der Waals surface area contributed by atoms with Crippen molar-refractivity contribution in [2.24, 2.45) is 11.7 Å². The molecule has 0 aromatic rings. The Balaban J connectivity index is 4.22. The zero-order valence-corrected chi connectivity index (χ0v) is 7.77. The van der Waals surface area contributed by atoms with Crippen LogP contribution in [0.5, 0.6) is 0 Å². The molecule has 0 saturated carbocycles. The molecular formula is C8H18N2O. The molecule has 3 N–H and O–H groups in total. The van der Waals surface area contributed by atoms with Crippen LogP contribution in [-0.2, 0) is 4.79 Å². The highest BCUT2D eigenvalue weighted by Gasteiger charge is 2.26. The third-order valence-electron chi connectivity index (χ3n) is 2.16. The zero-order chi connectivity index (χ0) is 9.07. The fourth-order valence-corrected chi connectivity index (χ4v) is 0.833. The molecular weight excluding hydrogens is 140 g/mol. The van der Waals surface area contributed by atoms with Crippen LogP contribution in [0, 0.1) is 5.92 Å². The first-order chi connectivity index (χ1) is 4.92. The highest BCUT2D eigenvalue weighted by molar-refractivity contribution is 5.73. The Morgan fingerprint density at radius 1 is 1.64 bits per heavy atom. The van der Waals surface area contributed by atoms with E-state index in [2.05, 4.69) is 5.32 Å². The van der Waals surface area contributed by atoms with Gasteiger partial charge in [-0.2, -0.15) is 0 Å². The molecule has 0 aliphatic rings. The van der Waals surface area contributed by atoms with Gasteiger partial charge in [0.15, 0.2) is 0 Å². The SMILES string of the molecule is CC(=O)NC(C)(CN)C(C)C. The Morgan fingerprint density at radius 2 is 2.09 bits per heavy atom. The summed E-state index contributed by atoms with van der Waals surface area (Å²) in [4.78, 5) is 10.8. The van der Waals surface area contributed by atoms with Crippen LogP contribution < -0.4 is 11.1 Å². The monoisotopic (exact) mass is 158 g/mol. The average molecular weight is 158 g/mol. The number of nitrogens with one attached hydrogen (secondary N) is 1. The third-order valence-corrected chi connectivity index (χ3v) is 2.16. The van der Waals surface area contributed by atoms with E-state index in [4.69, 9.17) is 5.73 Å². The summed E-state index contributed by atoms with van der Waals surface area (Å²) in [5.74, 6) is 0.336. The maximum absolute atomic E-state index is 10.8. The quantitative estimate of drug-likeness (QED) is 0.628. The predicted octanol–water partition coefficient (Wildman–Crippen LogP) is 0.496. The molecule has 0 aromatic heterocycles. The van der Waals surface area contributed by atoms with Gasteiger partial charge in [-0.05, 0) is 12.8 Å². The number of rotatable bonds is 3. The summed E-state index contributed by atoms with van der Waals surface area (Å²) in [5.41, 5.74) is 5.28. The summed E-state index contributed by atoms with van der Waals surface area (Å²) in [6.45, 7) is 8.03. The second kappa shape index (κ2) is 3.72. The summed E-state index contributed by atoms with van der Waals surface area (Å²) in [6, 6.07) is 0. The minimum Gasteiger partial charge on any atom is -0.350 e. The van der Waals surface area contributed by atoms with Gasteiger partial charge >= 0.3 is 0 Å². The Labute approximate surface area is 68.3 Å². The molecule has 3 nitrogen and oxygen atoms in total. The van der Waals surface area contributed by atoms with Crippen molar-refractivity contribution in [3.05, 3.63) is 0 Å². The molecule has 0 bridgehead atoms. The largest absolute Gasteiger partial charge is 0.350 e. The van der Waals surface area contributed by atoms with E-state index >= 15 is 0 Å². The van der Waals surface area contributed by atoms with E-state index in [1.165, 1.54) is 6.92 Å². The lowest BCUT2D eigenvalue weighted by Gasteiger charge is -2.32. The minimum atomic E-state index is -0.258. The minimum absolute atomic E-state index is 0.0216. The topological polar surface area (TPSA) is 55.1 Å². The highest BCUT2D eigenvalue weighted by atomic mass is 16.1. The van der Waals surface area contributed by atoms with E-state index in [1.54, 1.807) is 0 Å². The normalized spacial score (nSPS) is 16.2. The molecule has 0 fully saturated rings. The summed E-state index contributed by atoms with van der Waals surface area (Å²) < 4.78 is 0. The van der Waals surface area contributed by atoms with Crippen molar-refractivity contribution in [2.45, 2.75) is 33.2 Å². The van der Waals surface area contributed by atoms with Crippen molar-refractivity contribution < 1.29 is 4.79 Å². The number of carbonyl (C=O) groups excluding carboxylic acids is 1. The van der Waals surface area contributed by atoms with Crippen molar-refractivity contribution in [3.8, 4) is 0 Å². The van der Waals surface area contributed by atoms with Crippen LogP contribution >= 0.6 is 0 Å². The van der Waals surface area contributed by atoms with E-state index in [9.17, 15) is 4.79 Å². The van der Waals surface area contributed by atoms with E-state index in [0.717, 1.165) is 0 Å². The van der Waals surface area contributed by atoms with Crippen LogP contribution in [0.3, 0.4) is 0 Å². The first kappa shape index (κ1) is 10.4. The molecule has 0 heterocycles. The average Bonchev–Trinajstić information content (AvgIpc) is 1.86. The number of hydrogen-bond donors (Lipinski definition) is 2. The molecule has 0 aromatic carbocycles. The summed E-state index contributed by atoms with van der Waals surface area (Å²) in [5, 5.41) is 2.84. The Bertz CT molecular complexity index is 145. The molecule has 3 heteroatoms. The summed E-state index contributed by atoms with van der Waals surface area (Å²) >= 11 is 0. The van der Waals surface area contributed by atoms with Crippen LogP contribution in [0.2, 0.25) is 0 Å². The lowest BCUT2D eigenvalue weighted by molar-refractivity contribution is -0.121. The van der Waals surface area contributed by atoms with Gasteiger partial charge in [-0.3, -0.25) is 4.79 Å². The highest BCUT2D eigenvalue weighted by Crippen LogP contribution is 2.13. The molecule has 66 valence electrons. The van der Waals surface area contributed by atoms with Gasteiger partial charge in [0, 0.05) is 13.5 Å². The Kier molecular flexibility index (Phi) is 3.52. The van der Waals surface area contributed by atoms with Gasteiger partial charge in [-0.25, -0.2) is 0 Å². The van der Waals surface area contributed by atoms with Crippen molar-refractivity contribution >= 4 is 5.91 Å². The second-order valence-electron chi connectivity index (χ2n) is 3.46. The molecule has 1 atom stereocenters. The van der Waals surface area contributed by atoms with Crippen LogP contribution in [-0.4, -0.2) is 18.0 Å². The van der Waals surface area contributed by atoms with Crippen LogP contribution in [0.15, 0.2) is 0 Å². The zero-order valence-electron chi connectivity index (χ0n) is 7.77. The van der Waals surface area contributed by atoms with E-state index in [-0.39, 0.29) is 11.4 Å². The maximum Gasteiger partial charge on any atom is 0.217 e. The molecule has 1 amide bonds. The first-order valence-electron chi connectivity index (χ1n) is 3.91. The molecule has 1 unspecified atom stereocenters. The standard InChI is InChI=1S/C8H18N2O/c1-6(2)8(4,5-9)10-7(3)11/h6H,5,9H2,1-4H3,(H,10,11). The van der Waals surface area contributed by atoms with E-state index in [0.29, 0.717) is 12.5 Å². The fourth-order valence-electron chi connectivity index (χ4n) is 0.833.